The second-order valence-electron chi connectivity index (χ2n) is 7.38. The number of urea groups is 1. The first-order valence-electron chi connectivity index (χ1n) is 10.5. The van der Waals surface area contributed by atoms with E-state index >= 15 is 0 Å². The molecule has 0 radical (unpaired) electrons. The number of halogens is 1. The standard InChI is InChI=1S/C25H21ClN4O4S/c26-19-3-9-22(10-4-19)34-23-11-5-21(6-12-23)30-35(32,33)24-13-7-20(8-14-24)29-25(31)28-17-18-2-1-15-27-16-18/h1-16,30H,17H2,(H2,28,29,31). The summed E-state index contributed by atoms with van der Waals surface area (Å²) in [5.74, 6) is 1.16. The van der Waals surface area contributed by atoms with Crippen LogP contribution in [-0.4, -0.2) is 19.4 Å². The molecule has 0 aliphatic rings. The molecule has 0 aliphatic carbocycles. The Kier molecular flexibility index (Phi) is 7.49. The number of pyridine rings is 1. The number of ether oxygens (including phenoxy) is 1. The van der Waals surface area contributed by atoms with E-state index < -0.39 is 16.1 Å². The van der Waals surface area contributed by atoms with E-state index in [1.165, 1.54) is 24.3 Å². The largest absolute Gasteiger partial charge is 0.457 e. The minimum atomic E-state index is -3.82. The summed E-state index contributed by atoms with van der Waals surface area (Å²) in [6.07, 6.45) is 3.31. The molecule has 0 saturated carbocycles. The van der Waals surface area contributed by atoms with Crippen LogP contribution in [0.4, 0.5) is 16.2 Å². The first kappa shape index (κ1) is 24.1. The van der Waals surface area contributed by atoms with E-state index in [0.717, 1.165) is 5.56 Å². The predicted octanol–water partition coefficient (Wildman–Crippen LogP) is 5.65. The number of nitrogens with zero attached hydrogens (tertiary/aromatic N) is 1. The molecule has 178 valence electrons. The van der Waals surface area contributed by atoms with Gasteiger partial charge in [0.15, 0.2) is 0 Å². The van der Waals surface area contributed by atoms with Crippen molar-refractivity contribution in [3.05, 3.63) is 108 Å². The van der Waals surface area contributed by atoms with Crippen LogP contribution in [0.25, 0.3) is 0 Å². The van der Waals surface area contributed by atoms with Crippen molar-refractivity contribution in [3.8, 4) is 11.5 Å². The quantitative estimate of drug-likeness (QED) is 0.285. The van der Waals surface area contributed by atoms with Crippen LogP contribution in [0.15, 0.2) is 102 Å². The van der Waals surface area contributed by atoms with Gasteiger partial charge in [-0.25, -0.2) is 13.2 Å². The van der Waals surface area contributed by atoms with E-state index in [9.17, 15) is 13.2 Å². The van der Waals surface area contributed by atoms with Crippen LogP contribution in [0.5, 0.6) is 11.5 Å². The van der Waals surface area contributed by atoms with Crippen molar-refractivity contribution in [2.24, 2.45) is 0 Å². The number of sulfonamides is 1. The molecule has 35 heavy (non-hydrogen) atoms. The van der Waals surface area contributed by atoms with Crippen LogP contribution in [0.3, 0.4) is 0 Å². The Bertz CT molecular complexity index is 1380. The molecular weight excluding hydrogens is 488 g/mol. The Morgan fingerprint density at radius 2 is 1.49 bits per heavy atom. The number of aromatic nitrogens is 1. The monoisotopic (exact) mass is 508 g/mol. The fraction of sp³-hybridized carbons (Fsp3) is 0.0400. The molecule has 4 aromatic rings. The molecule has 3 N–H and O–H groups in total. The topological polar surface area (TPSA) is 109 Å². The zero-order chi connectivity index (χ0) is 24.7. The van der Waals surface area contributed by atoms with Gasteiger partial charge in [-0.05, 0) is 84.4 Å². The first-order chi connectivity index (χ1) is 16.9. The molecule has 4 rings (SSSR count). The summed E-state index contributed by atoms with van der Waals surface area (Å²) in [7, 11) is -3.82. The molecule has 0 saturated heterocycles. The summed E-state index contributed by atoms with van der Waals surface area (Å²) in [6, 6.07) is 22.5. The van der Waals surface area contributed by atoms with E-state index in [1.807, 2.05) is 6.07 Å². The normalized spacial score (nSPS) is 10.9. The molecule has 0 aliphatic heterocycles. The summed E-state index contributed by atoms with van der Waals surface area (Å²) in [6.45, 7) is 0.319. The van der Waals surface area contributed by atoms with Gasteiger partial charge in [0.1, 0.15) is 11.5 Å². The fourth-order valence-electron chi connectivity index (χ4n) is 3.02. The van der Waals surface area contributed by atoms with Crippen molar-refractivity contribution < 1.29 is 17.9 Å². The fourth-order valence-corrected chi connectivity index (χ4v) is 4.21. The molecule has 0 fully saturated rings. The maximum Gasteiger partial charge on any atom is 0.319 e. The molecule has 0 unspecified atom stereocenters. The highest BCUT2D eigenvalue weighted by Crippen LogP contribution is 2.25. The number of amides is 2. The minimum absolute atomic E-state index is 0.0558. The predicted molar refractivity (Wildman–Crippen MR) is 135 cm³/mol. The van der Waals surface area contributed by atoms with Gasteiger partial charge in [-0.1, -0.05) is 17.7 Å². The van der Waals surface area contributed by atoms with E-state index in [-0.39, 0.29) is 4.90 Å². The summed E-state index contributed by atoms with van der Waals surface area (Å²) in [5, 5.41) is 5.98. The molecule has 0 spiro atoms. The third kappa shape index (κ3) is 6.95. The van der Waals surface area contributed by atoms with E-state index in [0.29, 0.717) is 34.4 Å². The number of hydrogen-bond acceptors (Lipinski definition) is 5. The Hall–Kier alpha value is -4.08. The molecule has 1 aromatic heterocycles. The Morgan fingerprint density at radius 1 is 0.857 bits per heavy atom. The van der Waals surface area contributed by atoms with Gasteiger partial charge in [-0.15, -0.1) is 0 Å². The highest BCUT2D eigenvalue weighted by Gasteiger charge is 2.14. The van der Waals surface area contributed by atoms with Crippen LogP contribution >= 0.6 is 11.6 Å². The zero-order valence-electron chi connectivity index (χ0n) is 18.3. The summed E-state index contributed by atoms with van der Waals surface area (Å²) < 4.78 is 33.7. The number of nitrogens with one attached hydrogen (secondary N) is 3. The maximum absolute atomic E-state index is 12.7. The molecule has 8 nitrogen and oxygen atoms in total. The van der Waals surface area contributed by atoms with Crippen LogP contribution in [0.1, 0.15) is 5.56 Å². The summed E-state index contributed by atoms with van der Waals surface area (Å²) in [4.78, 5) is 16.1. The lowest BCUT2D eigenvalue weighted by Gasteiger charge is -2.11. The first-order valence-corrected chi connectivity index (χ1v) is 12.3. The number of carbonyl (C=O) groups is 1. The van der Waals surface area contributed by atoms with E-state index in [1.54, 1.807) is 67.0 Å². The van der Waals surface area contributed by atoms with Gasteiger partial charge in [0.05, 0.1) is 4.90 Å². The third-order valence-corrected chi connectivity index (χ3v) is 6.40. The highest BCUT2D eigenvalue weighted by molar-refractivity contribution is 7.92. The van der Waals surface area contributed by atoms with Crippen LogP contribution in [0, 0.1) is 0 Å². The van der Waals surface area contributed by atoms with Crippen molar-refractivity contribution in [1.82, 2.24) is 10.3 Å². The van der Waals surface area contributed by atoms with Crippen molar-refractivity contribution in [2.45, 2.75) is 11.4 Å². The molecule has 0 atom stereocenters. The second-order valence-corrected chi connectivity index (χ2v) is 9.50. The van der Waals surface area contributed by atoms with E-state index in [2.05, 4.69) is 20.3 Å². The molecule has 0 bridgehead atoms. The highest BCUT2D eigenvalue weighted by atomic mass is 35.5. The Labute approximate surface area is 208 Å². The summed E-state index contributed by atoms with van der Waals surface area (Å²) >= 11 is 5.87. The van der Waals surface area contributed by atoms with Crippen molar-refractivity contribution in [1.29, 1.82) is 0 Å². The lowest BCUT2D eigenvalue weighted by molar-refractivity contribution is 0.251. The Morgan fingerprint density at radius 3 is 2.11 bits per heavy atom. The van der Waals surface area contributed by atoms with Crippen molar-refractivity contribution >= 4 is 39.0 Å². The van der Waals surface area contributed by atoms with Crippen LogP contribution in [-0.2, 0) is 16.6 Å². The molecule has 10 heteroatoms. The van der Waals surface area contributed by atoms with Crippen LogP contribution < -0.4 is 20.1 Å². The second kappa shape index (κ2) is 10.9. The number of benzene rings is 3. The average Bonchev–Trinajstić information content (AvgIpc) is 2.86. The molecular formula is C25H21ClN4O4S. The van der Waals surface area contributed by atoms with Crippen molar-refractivity contribution in [2.75, 3.05) is 10.0 Å². The molecule has 1 heterocycles. The lowest BCUT2D eigenvalue weighted by atomic mass is 10.3. The SMILES string of the molecule is O=C(NCc1cccnc1)Nc1ccc(S(=O)(=O)Nc2ccc(Oc3ccc(Cl)cc3)cc2)cc1. The van der Waals surface area contributed by atoms with Gasteiger partial charge >= 0.3 is 6.03 Å². The number of hydrogen-bond donors (Lipinski definition) is 3. The molecule has 2 amide bonds. The average molecular weight is 509 g/mol. The van der Waals surface area contributed by atoms with Gasteiger partial charge in [0.2, 0.25) is 0 Å². The Balaban J connectivity index is 1.32. The zero-order valence-corrected chi connectivity index (χ0v) is 19.9. The summed E-state index contributed by atoms with van der Waals surface area (Å²) in [5.41, 5.74) is 1.70. The molecule has 3 aromatic carbocycles. The third-order valence-electron chi connectivity index (χ3n) is 4.75. The van der Waals surface area contributed by atoms with E-state index in [4.69, 9.17) is 16.3 Å². The smallest absolute Gasteiger partial charge is 0.319 e. The van der Waals surface area contributed by atoms with Gasteiger partial charge < -0.3 is 15.4 Å². The van der Waals surface area contributed by atoms with Crippen LogP contribution in [0.2, 0.25) is 5.02 Å². The number of rotatable bonds is 8. The number of carbonyl (C=O) groups excluding carboxylic acids is 1. The van der Waals surface area contributed by atoms with Gasteiger partial charge in [0.25, 0.3) is 10.0 Å². The van der Waals surface area contributed by atoms with Gasteiger partial charge in [-0.3, -0.25) is 9.71 Å². The number of anilines is 2. The van der Waals surface area contributed by atoms with Gasteiger partial charge in [-0.2, -0.15) is 0 Å². The lowest BCUT2D eigenvalue weighted by Crippen LogP contribution is -2.28. The minimum Gasteiger partial charge on any atom is -0.457 e. The van der Waals surface area contributed by atoms with Crippen molar-refractivity contribution in [3.63, 3.8) is 0 Å². The maximum atomic E-state index is 12.7. The van der Waals surface area contributed by atoms with Gasteiger partial charge in [0, 0.05) is 35.3 Å².